The molecule has 1 heterocycles. The molecule has 1 rings (SSSR count). The second-order valence-corrected chi connectivity index (χ2v) is 2.62. The van der Waals surface area contributed by atoms with E-state index in [1.807, 2.05) is 23.8 Å². The topological polar surface area (TPSA) is 35.2 Å². The SMILES string of the molecule is CC(ON)c1ccsc1. The molecule has 1 atom stereocenters. The van der Waals surface area contributed by atoms with Crippen molar-refractivity contribution in [1.29, 1.82) is 0 Å². The van der Waals surface area contributed by atoms with Gasteiger partial charge in [0.1, 0.15) is 6.10 Å². The molecule has 0 bridgehead atoms. The standard InChI is InChI=1S/C6H9NOS/c1-5(8-7)6-2-3-9-4-6/h2-5H,7H2,1H3. The molecular formula is C6H9NOS. The quantitative estimate of drug-likeness (QED) is 0.639. The third-order valence-corrected chi connectivity index (χ3v) is 1.92. The largest absolute Gasteiger partial charge is 0.297 e. The molecule has 0 saturated carbocycles. The predicted octanol–water partition coefficient (Wildman–Crippen LogP) is 1.70. The van der Waals surface area contributed by atoms with E-state index in [2.05, 4.69) is 4.84 Å². The third-order valence-electron chi connectivity index (χ3n) is 1.22. The molecule has 0 spiro atoms. The second kappa shape index (κ2) is 2.96. The van der Waals surface area contributed by atoms with E-state index in [4.69, 9.17) is 5.90 Å². The van der Waals surface area contributed by atoms with Crippen molar-refractivity contribution in [2.45, 2.75) is 13.0 Å². The van der Waals surface area contributed by atoms with Gasteiger partial charge >= 0.3 is 0 Å². The summed E-state index contributed by atoms with van der Waals surface area (Å²) in [4.78, 5) is 4.60. The Balaban J connectivity index is 2.65. The van der Waals surface area contributed by atoms with Gasteiger partial charge in [0.15, 0.2) is 0 Å². The van der Waals surface area contributed by atoms with E-state index in [9.17, 15) is 0 Å². The maximum Gasteiger partial charge on any atom is 0.102 e. The van der Waals surface area contributed by atoms with Crippen molar-refractivity contribution in [1.82, 2.24) is 0 Å². The van der Waals surface area contributed by atoms with Gasteiger partial charge in [-0.05, 0) is 29.3 Å². The molecule has 0 aliphatic carbocycles. The fourth-order valence-corrected chi connectivity index (χ4v) is 1.33. The van der Waals surface area contributed by atoms with Crippen molar-refractivity contribution in [2.24, 2.45) is 5.90 Å². The molecule has 2 N–H and O–H groups in total. The van der Waals surface area contributed by atoms with Gasteiger partial charge in [0.05, 0.1) is 0 Å². The lowest BCUT2D eigenvalue weighted by Gasteiger charge is -2.03. The van der Waals surface area contributed by atoms with Gasteiger partial charge in [-0.1, -0.05) is 0 Å². The molecule has 50 valence electrons. The summed E-state index contributed by atoms with van der Waals surface area (Å²) in [5, 5.41) is 4.03. The summed E-state index contributed by atoms with van der Waals surface area (Å²) in [6, 6.07) is 2.00. The van der Waals surface area contributed by atoms with E-state index >= 15 is 0 Å². The smallest absolute Gasteiger partial charge is 0.102 e. The van der Waals surface area contributed by atoms with Crippen molar-refractivity contribution in [3.05, 3.63) is 22.4 Å². The minimum Gasteiger partial charge on any atom is -0.297 e. The van der Waals surface area contributed by atoms with Gasteiger partial charge in [-0.3, -0.25) is 4.84 Å². The van der Waals surface area contributed by atoms with E-state index in [0.29, 0.717) is 0 Å². The zero-order chi connectivity index (χ0) is 6.69. The molecule has 0 amide bonds. The van der Waals surface area contributed by atoms with Crippen LogP contribution in [-0.2, 0) is 4.84 Å². The number of thiophene rings is 1. The Kier molecular flexibility index (Phi) is 2.22. The second-order valence-electron chi connectivity index (χ2n) is 1.83. The summed E-state index contributed by atoms with van der Waals surface area (Å²) in [6.45, 7) is 1.92. The van der Waals surface area contributed by atoms with Gasteiger partial charge in [-0.15, -0.1) is 0 Å². The van der Waals surface area contributed by atoms with Crippen molar-refractivity contribution in [3.8, 4) is 0 Å². The average molecular weight is 143 g/mol. The van der Waals surface area contributed by atoms with Crippen LogP contribution in [-0.4, -0.2) is 0 Å². The van der Waals surface area contributed by atoms with Crippen LogP contribution in [0.15, 0.2) is 16.8 Å². The van der Waals surface area contributed by atoms with Crippen LogP contribution < -0.4 is 5.90 Å². The van der Waals surface area contributed by atoms with Gasteiger partial charge < -0.3 is 0 Å². The highest BCUT2D eigenvalue weighted by Crippen LogP contribution is 2.16. The maximum absolute atomic E-state index is 4.97. The van der Waals surface area contributed by atoms with Gasteiger partial charge in [-0.2, -0.15) is 11.3 Å². The van der Waals surface area contributed by atoms with Crippen LogP contribution in [0.1, 0.15) is 18.6 Å². The first-order valence-corrected chi connectivity index (χ1v) is 3.66. The Hall–Kier alpha value is -0.380. The number of nitrogens with two attached hydrogens (primary N) is 1. The van der Waals surface area contributed by atoms with E-state index in [0.717, 1.165) is 5.56 Å². The van der Waals surface area contributed by atoms with Gasteiger partial charge in [0, 0.05) is 0 Å². The molecule has 0 aromatic carbocycles. The van der Waals surface area contributed by atoms with Crippen molar-refractivity contribution < 1.29 is 4.84 Å². The van der Waals surface area contributed by atoms with Crippen LogP contribution in [0.5, 0.6) is 0 Å². The molecule has 1 unspecified atom stereocenters. The fourth-order valence-electron chi connectivity index (χ4n) is 0.585. The average Bonchev–Trinajstić information content (AvgIpc) is 2.37. The molecule has 1 aromatic heterocycles. The molecule has 0 aliphatic heterocycles. The summed E-state index contributed by atoms with van der Waals surface area (Å²) in [5.41, 5.74) is 1.14. The number of hydrogen-bond acceptors (Lipinski definition) is 3. The fraction of sp³-hybridized carbons (Fsp3) is 0.333. The number of hydrogen-bond donors (Lipinski definition) is 1. The van der Waals surface area contributed by atoms with Gasteiger partial charge in [0.25, 0.3) is 0 Å². The van der Waals surface area contributed by atoms with Crippen LogP contribution in [0.3, 0.4) is 0 Å². The molecule has 0 aliphatic rings. The summed E-state index contributed by atoms with van der Waals surface area (Å²) in [5.74, 6) is 4.97. The zero-order valence-electron chi connectivity index (χ0n) is 5.20. The van der Waals surface area contributed by atoms with Gasteiger partial charge in [-0.25, -0.2) is 5.90 Å². The molecule has 2 nitrogen and oxygen atoms in total. The summed E-state index contributed by atoms with van der Waals surface area (Å²) in [7, 11) is 0. The minimum atomic E-state index is 0.0243. The summed E-state index contributed by atoms with van der Waals surface area (Å²) in [6.07, 6.45) is 0.0243. The van der Waals surface area contributed by atoms with E-state index < -0.39 is 0 Å². The van der Waals surface area contributed by atoms with Crippen LogP contribution in [0.25, 0.3) is 0 Å². The third kappa shape index (κ3) is 1.51. The lowest BCUT2D eigenvalue weighted by molar-refractivity contribution is 0.0667. The summed E-state index contributed by atoms with van der Waals surface area (Å²) < 4.78 is 0. The first kappa shape index (κ1) is 6.74. The van der Waals surface area contributed by atoms with Crippen LogP contribution in [0.2, 0.25) is 0 Å². The monoisotopic (exact) mass is 143 g/mol. The maximum atomic E-state index is 4.97. The number of rotatable bonds is 2. The lowest BCUT2D eigenvalue weighted by Crippen LogP contribution is -2.03. The molecule has 3 heteroatoms. The Morgan fingerprint density at radius 3 is 3.00 bits per heavy atom. The molecule has 1 aromatic rings. The van der Waals surface area contributed by atoms with E-state index in [1.165, 1.54) is 0 Å². The van der Waals surface area contributed by atoms with E-state index in [-0.39, 0.29) is 6.10 Å². The molecule has 0 radical (unpaired) electrons. The van der Waals surface area contributed by atoms with Crippen molar-refractivity contribution in [2.75, 3.05) is 0 Å². The van der Waals surface area contributed by atoms with Gasteiger partial charge in [0.2, 0.25) is 0 Å². The van der Waals surface area contributed by atoms with Crippen LogP contribution in [0, 0.1) is 0 Å². The normalized spacial score (nSPS) is 13.6. The van der Waals surface area contributed by atoms with Crippen LogP contribution in [0.4, 0.5) is 0 Å². The summed E-state index contributed by atoms with van der Waals surface area (Å²) >= 11 is 1.65. The molecule has 0 fully saturated rings. The Morgan fingerprint density at radius 1 is 1.78 bits per heavy atom. The minimum absolute atomic E-state index is 0.0243. The Morgan fingerprint density at radius 2 is 2.56 bits per heavy atom. The molecule has 9 heavy (non-hydrogen) atoms. The lowest BCUT2D eigenvalue weighted by atomic mass is 10.2. The zero-order valence-corrected chi connectivity index (χ0v) is 6.02. The predicted molar refractivity (Wildman–Crippen MR) is 38.0 cm³/mol. The van der Waals surface area contributed by atoms with Crippen molar-refractivity contribution in [3.63, 3.8) is 0 Å². The Labute approximate surface area is 58.2 Å². The highest BCUT2D eigenvalue weighted by atomic mass is 32.1. The van der Waals surface area contributed by atoms with Crippen molar-refractivity contribution >= 4 is 11.3 Å². The van der Waals surface area contributed by atoms with Crippen LogP contribution >= 0.6 is 11.3 Å². The van der Waals surface area contributed by atoms with E-state index in [1.54, 1.807) is 11.3 Å². The molecule has 0 saturated heterocycles. The highest BCUT2D eigenvalue weighted by Gasteiger charge is 2.01. The Bertz CT molecular complexity index is 162. The highest BCUT2D eigenvalue weighted by molar-refractivity contribution is 7.07. The first-order chi connectivity index (χ1) is 4.34. The first-order valence-electron chi connectivity index (χ1n) is 2.72. The molecular weight excluding hydrogens is 134 g/mol.